The maximum absolute atomic E-state index is 5.46. The normalized spacial score (nSPS) is 24.3. The molecule has 2 aromatic heterocycles. The lowest BCUT2D eigenvalue weighted by Crippen LogP contribution is -2.44. The third kappa shape index (κ3) is 3.91. The van der Waals surface area contributed by atoms with Crippen molar-refractivity contribution in [1.29, 1.82) is 0 Å². The van der Waals surface area contributed by atoms with E-state index in [2.05, 4.69) is 38.5 Å². The molecule has 4 rings (SSSR count). The molecule has 0 radical (unpaired) electrons. The number of fused-ring (bicyclic) bond motifs is 1. The van der Waals surface area contributed by atoms with E-state index in [-0.39, 0.29) is 0 Å². The number of pyridine rings is 1. The van der Waals surface area contributed by atoms with Crippen LogP contribution in [0.3, 0.4) is 0 Å². The maximum atomic E-state index is 5.46. The Morgan fingerprint density at radius 2 is 2.13 bits per heavy atom. The van der Waals surface area contributed by atoms with Gasteiger partial charge in [-0.15, -0.1) is 11.3 Å². The lowest BCUT2D eigenvalue weighted by atomic mass is 9.97. The van der Waals surface area contributed by atoms with Gasteiger partial charge in [-0.25, -0.2) is 0 Å². The summed E-state index contributed by atoms with van der Waals surface area (Å²) in [5.41, 5.74) is 2.48. The van der Waals surface area contributed by atoms with Gasteiger partial charge in [0.25, 0.3) is 0 Å². The molecule has 5 heteroatoms. The first-order valence-corrected chi connectivity index (χ1v) is 9.59. The molecule has 2 aliphatic heterocycles. The summed E-state index contributed by atoms with van der Waals surface area (Å²) < 4.78 is 6.77. The van der Waals surface area contributed by atoms with E-state index in [1.165, 1.54) is 42.7 Å². The number of nitrogens with zero attached hydrogens (tertiary/aromatic N) is 3. The van der Waals surface area contributed by atoms with Crippen LogP contribution in [0.1, 0.15) is 18.4 Å². The Morgan fingerprint density at radius 1 is 1.22 bits per heavy atom. The van der Waals surface area contributed by atoms with Gasteiger partial charge in [0.15, 0.2) is 0 Å². The highest BCUT2D eigenvalue weighted by molar-refractivity contribution is 7.17. The molecule has 0 aliphatic carbocycles. The number of rotatable bonds is 4. The van der Waals surface area contributed by atoms with Gasteiger partial charge in [-0.1, -0.05) is 0 Å². The zero-order valence-corrected chi connectivity index (χ0v) is 14.4. The molecule has 23 heavy (non-hydrogen) atoms. The predicted octanol–water partition coefficient (Wildman–Crippen LogP) is 2.84. The summed E-state index contributed by atoms with van der Waals surface area (Å²) in [7, 11) is 0. The minimum absolute atomic E-state index is 0.806. The van der Waals surface area contributed by atoms with E-state index < -0.39 is 0 Å². The fourth-order valence-electron chi connectivity index (χ4n) is 3.82. The average Bonchev–Trinajstić information content (AvgIpc) is 3.04. The van der Waals surface area contributed by atoms with Crippen LogP contribution in [0, 0.1) is 5.92 Å². The lowest BCUT2D eigenvalue weighted by molar-refractivity contribution is 0.0224. The second-order valence-corrected chi connectivity index (χ2v) is 7.75. The molecule has 0 spiro atoms. The number of hydrogen-bond donors (Lipinski definition) is 0. The highest BCUT2D eigenvalue weighted by atomic mass is 32.1. The molecule has 1 atom stereocenters. The Balaban J connectivity index is 1.34. The summed E-state index contributed by atoms with van der Waals surface area (Å²) in [5.74, 6) is 0.806. The third-order valence-corrected chi connectivity index (χ3v) is 5.84. The topological polar surface area (TPSA) is 28.6 Å². The summed E-state index contributed by atoms with van der Waals surface area (Å²) in [6, 6.07) is 4.42. The minimum atomic E-state index is 0.806. The van der Waals surface area contributed by atoms with Crippen molar-refractivity contribution in [1.82, 2.24) is 14.8 Å². The molecule has 4 heterocycles. The van der Waals surface area contributed by atoms with Crippen LogP contribution in [0.5, 0.6) is 0 Å². The van der Waals surface area contributed by atoms with Crippen LogP contribution in [0.15, 0.2) is 23.7 Å². The van der Waals surface area contributed by atoms with E-state index in [1.54, 1.807) is 11.3 Å². The van der Waals surface area contributed by atoms with Gasteiger partial charge in [0.2, 0.25) is 0 Å². The predicted molar refractivity (Wildman–Crippen MR) is 94.9 cm³/mol. The van der Waals surface area contributed by atoms with Gasteiger partial charge in [-0.3, -0.25) is 14.8 Å². The maximum Gasteiger partial charge on any atom is 0.0809 e. The van der Waals surface area contributed by atoms with Crippen LogP contribution in [0.2, 0.25) is 0 Å². The number of likely N-dealkylation sites (tertiary alicyclic amines) is 1. The lowest BCUT2D eigenvalue weighted by Gasteiger charge is -2.36. The van der Waals surface area contributed by atoms with Crippen LogP contribution >= 0.6 is 11.3 Å². The highest BCUT2D eigenvalue weighted by Crippen LogP contribution is 2.23. The Labute approximate surface area is 142 Å². The van der Waals surface area contributed by atoms with E-state index in [0.717, 1.165) is 44.3 Å². The van der Waals surface area contributed by atoms with Gasteiger partial charge in [0.1, 0.15) is 0 Å². The van der Waals surface area contributed by atoms with Gasteiger partial charge >= 0.3 is 0 Å². The molecular formula is C18H25N3OS. The first-order valence-electron chi connectivity index (χ1n) is 8.71. The fraction of sp³-hybridized carbons (Fsp3) is 0.611. The van der Waals surface area contributed by atoms with Crippen molar-refractivity contribution < 1.29 is 4.74 Å². The van der Waals surface area contributed by atoms with Crippen molar-refractivity contribution in [3.63, 3.8) is 0 Å². The molecule has 0 bridgehead atoms. The van der Waals surface area contributed by atoms with Gasteiger partial charge in [0, 0.05) is 38.9 Å². The van der Waals surface area contributed by atoms with Crippen molar-refractivity contribution >= 4 is 21.6 Å². The van der Waals surface area contributed by atoms with Crippen molar-refractivity contribution in [3.8, 4) is 0 Å². The van der Waals surface area contributed by atoms with Crippen molar-refractivity contribution in [3.05, 3.63) is 29.3 Å². The molecule has 124 valence electrons. The molecule has 0 saturated carbocycles. The van der Waals surface area contributed by atoms with E-state index >= 15 is 0 Å². The zero-order valence-electron chi connectivity index (χ0n) is 13.6. The first kappa shape index (κ1) is 15.5. The van der Waals surface area contributed by atoms with E-state index in [9.17, 15) is 0 Å². The van der Waals surface area contributed by atoms with E-state index in [4.69, 9.17) is 4.74 Å². The number of ether oxygens (including phenoxy) is 1. The zero-order chi connectivity index (χ0) is 15.5. The Hall–Kier alpha value is -1.01. The number of thiophene rings is 1. The smallest absolute Gasteiger partial charge is 0.0809 e. The van der Waals surface area contributed by atoms with Crippen LogP contribution in [-0.4, -0.2) is 60.7 Å². The molecule has 2 saturated heterocycles. The summed E-state index contributed by atoms with van der Waals surface area (Å²) in [6.07, 6.45) is 4.75. The SMILES string of the molecule is c1cc2ncc(CN3CCC[C@@H](CN4CCOCC4)C3)cc2s1. The molecule has 0 amide bonds. The van der Waals surface area contributed by atoms with Gasteiger partial charge in [0.05, 0.1) is 23.4 Å². The van der Waals surface area contributed by atoms with Gasteiger partial charge in [-0.2, -0.15) is 0 Å². The Bertz CT molecular complexity index is 638. The molecule has 2 fully saturated rings. The number of hydrogen-bond acceptors (Lipinski definition) is 5. The number of piperidine rings is 1. The van der Waals surface area contributed by atoms with Crippen LogP contribution < -0.4 is 0 Å². The number of aromatic nitrogens is 1. The number of morpholine rings is 1. The molecule has 2 aliphatic rings. The Morgan fingerprint density at radius 3 is 3.04 bits per heavy atom. The average molecular weight is 331 g/mol. The molecule has 0 N–H and O–H groups in total. The van der Waals surface area contributed by atoms with Crippen LogP contribution in [0.4, 0.5) is 0 Å². The summed E-state index contributed by atoms with van der Waals surface area (Å²) in [5, 5.41) is 2.13. The quantitative estimate of drug-likeness (QED) is 0.861. The second-order valence-electron chi connectivity index (χ2n) is 6.80. The second kappa shape index (κ2) is 7.26. The van der Waals surface area contributed by atoms with Crippen molar-refractivity contribution in [2.45, 2.75) is 19.4 Å². The summed E-state index contributed by atoms with van der Waals surface area (Å²) in [4.78, 5) is 9.78. The van der Waals surface area contributed by atoms with Crippen LogP contribution in [0.25, 0.3) is 10.2 Å². The fourth-order valence-corrected chi connectivity index (χ4v) is 4.63. The van der Waals surface area contributed by atoms with Gasteiger partial charge < -0.3 is 4.74 Å². The minimum Gasteiger partial charge on any atom is -0.379 e. The summed E-state index contributed by atoms with van der Waals surface area (Å²) >= 11 is 1.79. The molecule has 0 aromatic carbocycles. The molecule has 0 unspecified atom stereocenters. The van der Waals surface area contributed by atoms with Crippen LogP contribution in [-0.2, 0) is 11.3 Å². The highest BCUT2D eigenvalue weighted by Gasteiger charge is 2.23. The largest absolute Gasteiger partial charge is 0.379 e. The monoisotopic (exact) mass is 331 g/mol. The third-order valence-electron chi connectivity index (χ3n) is 4.99. The summed E-state index contributed by atoms with van der Waals surface area (Å²) in [6.45, 7) is 8.75. The Kier molecular flexibility index (Phi) is 4.90. The first-order chi connectivity index (χ1) is 11.4. The molecule has 2 aromatic rings. The van der Waals surface area contributed by atoms with E-state index in [1.807, 2.05) is 0 Å². The van der Waals surface area contributed by atoms with Gasteiger partial charge in [-0.05, 0) is 48.4 Å². The molecular weight excluding hydrogens is 306 g/mol. The van der Waals surface area contributed by atoms with Crippen molar-refractivity contribution in [2.75, 3.05) is 45.9 Å². The van der Waals surface area contributed by atoms with E-state index in [0.29, 0.717) is 0 Å². The van der Waals surface area contributed by atoms with Crippen molar-refractivity contribution in [2.24, 2.45) is 5.92 Å². The standard InChI is InChI=1S/C18H25N3OS/c1-2-15(12-20-5-7-22-8-6-20)13-21(4-1)14-16-10-18-17(19-11-16)3-9-23-18/h3,9-11,15H,1-2,4-8,12-14H2/t15-/m0/s1. The molecule has 4 nitrogen and oxygen atoms in total.